The summed E-state index contributed by atoms with van der Waals surface area (Å²) >= 11 is 0. The predicted octanol–water partition coefficient (Wildman–Crippen LogP) is 3.60. The number of carbonyl (C=O) groups excluding carboxylic acids is 1. The van der Waals surface area contributed by atoms with Gasteiger partial charge in [-0.1, -0.05) is 18.2 Å². The third-order valence-corrected chi connectivity index (χ3v) is 5.22. The Labute approximate surface area is 183 Å². The Kier molecular flexibility index (Phi) is 5.20. The molecule has 5 rings (SSSR count). The van der Waals surface area contributed by atoms with Gasteiger partial charge in [0.1, 0.15) is 30.5 Å². The molecule has 3 aromatic carbocycles. The lowest BCUT2D eigenvalue weighted by molar-refractivity contribution is -0.991. The lowest BCUT2D eigenvalue weighted by atomic mass is 10.1. The number of ether oxygens (including phenoxy) is 3. The second-order valence-corrected chi connectivity index (χ2v) is 7.43. The van der Waals surface area contributed by atoms with Gasteiger partial charge in [0.2, 0.25) is 5.78 Å². The van der Waals surface area contributed by atoms with Crippen LogP contribution in [0.4, 0.5) is 5.69 Å². The normalized spacial score (nSPS) is 16.5. The van der Waals surface area contributed by atoms with Crippen LogP contribution in [0, 0.1) is 5.21 Å². The summed E-state index contributed by atoms with van der Waals surface area (Å²) in [5.41, 5.74) is 3.34. The van der Waals surface area contributed by atoms with E-state index in [1.165, 1.54) is 12.1 Å². The quantitative estimate of drug-likeness (QED) is 0.476. The molecule has 0 aromatic heterocycles. The molecule has 7 nitrogen and oxygen atoms in total. The molecule has 2 aliphatic heterocycles. The summed E-state index contributed by atoms with van der Waals surface area (Å²) in [5, 5.41) is 19.0. The summed E-state index contributed by atoms with van der Waals surface area (Å²) in [6.45, 7) is 0.626. The number of hydrogen-bond donors (Lipinski definition) is 2. The van der Waals surface area contributed by atoms with Crippen LogP contribution in [0.2, 0.25) is 0 Å². The van der Waals surface area contributed by atoms with Crippen molar-refractivity contribution >= 4 is 17.5 Å². The van der Waals surface area contributed by atoms with Crippen LogP contribution in [0.3, 0.4) is 0 Å². The highest BCUT2D eigenvalue weighted by molar-refractivity contribution is 6.12. The van der Waals surface area contributed by atoms with Crippen molar-refractivity contribution in [1.29, 1.82) is 0 Å². The largest absolute Gasteiger partial charge is 0.595 e. The third kappa shape index (κ3) is 4.00. The Morgan fingerprint density at radius 1 is 1.06 bits per heavy atom. The number of quaternary nitrogens is 1. The zero-order valence-corrected chi connectivity index (χ0v) is 16.9. The zero-order chi connectivity index (χ0) is 22.1. The van der Waals surface area contributed by atoms with Crippen molar-refractivity contribution in [3.8, 4) is 17.2 Å². The fourth-order valence-electron chi connectivity index (χ4n) is 3.55. The summed E-state index contributed by atoms with van der Waals surface area (Å²) in [6, 6.07) is 19.3. The Bertz CT molecular complexity index is 1240. The number of benzene rings is 3. The minimum absolute atomic E-state index is 0.185. The van der Waals surface area contributed by atoms with Crippen molar-refractivity contribution in [2.45, 2.75) is 6.61 Å². The average molecular weight is 429 g/mol. The molecule has 2 heterocycles. The molecule has 0 radical (unpaired) electrons. The van der Waals surface area contributed by atoms with Gasteiger partial charge in [0.05, 0.1) is 5.56 Å². The van der Waals surface area contributed by atoms with E-state index in [1.807, 2.05) is 30.3 Å². The Hall–Kier alpha value is -3.91. The first-order valence-corrected chi connectivity index (χ1v) is 10.0. The highest BCUT2D eigenvalue weighted by atomic mass is 16.8. The highest BCUT2D eigenvalue weighted by Crippen LogP contribution is 2.35. The van der Waals surface area contributed by atoms with E-state index in [0.29, 0.717) is 23.7 Å². The molecule has 3 aromatic rings. The summed E-state index contributed by atoms with van der Waals surface area (Å²) in [4.78, 5) is 12.7. The number of allylic oxidation sites excluding steroid dienone is 1. The number of hydrogen-bond acceptors (Lipinski definition) is 6. The minimum Gasteiger partial charge on any atom is -0.595 e. The van der Waals surface area contributed by atoms with Crippen LogP contribution in [0.15, 0.2) is 84.1 Å². The summed E-state index contributed by atoms with van der Waals surface area (Å²) in [6.07, 6.45) is 3.69. The standard InChI is InChI=1S/C25H19NO6/c27-25-21-10-9-20(30-14-16-5-7-19(8-6-16)26(28)29)13-23(21)32-24(25)12-17-11-18-3-1-2-4-22(18)31-15-17/h1-13,26,28H,14-15H2. The Balaban J connectivity index is 1.29. The maximum atomic E-state index is 12.7. The van der Waals surface area contributed by atoms with Gasteiger partial charge < -0.3 is 19.4 Å². The number of para-hydroxylation sites is 1. The average Bonchev–Trinajstić information content (AvgIpc) is 3.12. The number of fused-ring (bicyclic) bond motifs is 2. The summed E-state index contributed by atoms with van der Waals surface area (Å²) < 4.78 is 17.3. The Morgan fingerprint density at radius 3 is 2.69 bits per heavy atom. The molecule has 0 saturated heterocycles. The maximum absolute atomic E-state index is 12.7. The van der Waals surface area contributed by atoms with E-state index in [1.54, 1.807) is 36.4 Å². The molecular formula is C25H19NO6. The second-order valence-electron chi connectivity index (χ2n) is 7.43. The van der Waals surface area contributed by atoms with Crippen molar-refractivity contribution in [3.05, 3.63) is 106 Å². The van der Waals surface area contributed by atoms with Gasteiger partial charge in [-0.25, -0.2) is 5.21 Å². The summed E-state index contributed by atoms with van der Waals surface area (Å²) in [7, 11) is 0. The first-order valence-electron chi connectivity index (χ1n) is 10.0. The van der Waals surface area contributed by atoms with Crippen molar-refractivity contribution < 1.29 is 29.4 Å². The molecule has 0 bridgehead atoms. The molecule has 7 heteroatoms. The van der Waals surface area contributed by atoms with E-state index in [-0.39, 0.29) is 23.8 Å². The number of carbonyl (C=O) groups is 1. The zero-order valence-electron chi connectivity index (χ0n) is 16.9. The molecular weight excluding hydrogens is 410 g/mol. The smallest absolute Gasteiger partial charge is 0.231 e. The molecule has 1 unspecified atom stereocenters. The summed E-state index contributed by atoms with van der Waals surface area (Å²) in [5.74, 6) is 1.87. The van der Waals surface area contributed by atoms with E-state index in [9.17, 15) is 10.0 Å². The molecule has 160 valence electrons. The molecule has 0 amide bonds. The second kappa shape index (κ2) is 8.32. The van der Waals surface area contributed by atoms with Gasteiger partial charge >= 0.3 is 0 Å². The van der Waals surface area contributed by atoms with Crippen LogP contribution in [0.5, 0.6) is 17.2 Å². The number of nitrogens with one attached hydrogen (secondary N) is 1. The molecule has 32 heavy (non-hydrogen) atoms. The SMILES string of the molecule is O=C1C(=CC2=Cc3ccccc3OC2)Oc2cc(OCc3ccc([NH+]([O-])O)cc3)ccc21. The fourth-order valence-corrected chi connectivity index (χ4v) is 3.55. The van der Waals surface area contributed by atoms with Crippen LogP contribution in [0.1, 0.15) is 21.5 Å². The van der Waals surface area contributed by atoms with E-state index < -0.39 is 5.23 Å². The number of ketones is 1. The van der Waals surface area contributed by atoms with Gasteiger partial charge in [-0.3, -0.25) is 4.79 Å². The van der Waals surface area contributed by atoms with Crippen molar-refractivity contribution in [1.82, 2.24) is 0 Å². The van der Waals surface area contributed by atoms with Gasteiger partial charge in [0, 0.05) is 23.8 Å². The molecule has 0 spiro atoms. The maximum Gasteiger partial charge on any atom is 0.231 e. The van der Waals surface area contributed by atoms with Crippen LogP contribution in [0.25, 0.3) is 6.08 Å². The van der Waals surface area contributed by atoms with Gasteiger partial charge in [0.15, 0.2) is 11.4 Å². The Morgan fingerprint density at radius 2 is 1.88 bits per heavy atom. The predicted molar refractivity (Wildman–Crippen MR) is 116 cm³/mol. The van der Waals surface area contributed by atoms with Crippen LogP contribution >= 0.6 is 0 Å². The highest BCUT2D eigenvalue weighted by Gasteiger charge is 2.28. The lowest BCUT2D eigenvalue weighted by Crippen LogP contribution is -2.99. The van der Waals surface area contributed by atoms with Gasteiger partial charge in [-0.2, -0.15) is 5.23 Å². The molecule has 1 atom stereocenters. The van der Waals surface area contributed by atoms with E-state index in [2.05, 4.69) is 0 Å². The first kappa shape index (κ1) is 20.0. The number of Topliss-reactive ketones (excluding diaryl/α,β-unsaturated/α-hetero) is 1. The van der Waals surface area contributed by atoms with E-state index in [0.717, 1.165) is 22.4 Å². The third-order valence-electron chi connectivity index (χ3n) is 5.22. The monoisotopic (exact) mass is 429 g/mol. The van der Waals surface area contributed by atoms with Gasteiger partial charge in [-0.15, -0.1) is 0 Å². The molecule has 0 aliphatic carbocycles. The van der Waals surface area contributed by atoms with E-state index in [4.69, 9.17) is 19.4 Å². The molecule has 0 fully saturated rings. The van der Waals surface area contributed by atoms with Crippen LogP contribution in [-0.4, -0.2) is 17.6 Å². The topological polar surface area (TPSA) is 92.5 Å². The first-order chi connectivity index (χ1) is 15.6. The molecule has 0 saturated carbocycles. The van der Waals surface area contributed by atoms with E-state index >= 15 is 0 Å². The molecule has 2 aliphatic rings. The van der Waals surface area contributed by atoms with Crippen molar-refractivity contribution in [3.63, 3.8) is 0 Å². The van der Waals surface area contributed by atoms with Gasteiger partial charge in [-0.05, 0) is 53.6 Å². The fraction of sp³-hybridized carbons (Fsp3) is 0.0800. The van der Waals surface area contributed by atoms with Gasteiger partial charge in [0.25, 0.3) is 0 Å². The van der Waals surface area contributed by atoms with Crippen molar-refractivity contribution in [2.24, 2.45) is 0 Å². The van der Waals surface area contributed by atoms with Crippen LogP contribution in [-0.2, 0) is 6.61 Å². The molecule has 2 N–H and O–H groups in total. The number of rotatable bonds is 5. The lowest BCUT2D eigenvalue weighted by Gasteiger charge is -2.15. The van der Waals surface area contributed by atoms with Crippen LogP contribution < -0.4 is 19.4 Å². The minimum atomic E-state index is -0.971. The van der Waals surface area contributed by atoms with Crippen molar-refractivity contribution in [2.75, 3.05) is 6.61 Å².